The molecule has 0 aliphatic carbocycles. The van der Waals surface area contributed by atoms with Gasteiger partial charge in [-0.05, 0) is 67.3 Å². The zero-order chi connectivity index (χ0) is 20.8. The molecule has 0 atom stereocenters. The Balaban J connectivity index is 1.74. The fourth-order valence-corrected chi connectivity index (χ4v) is 3.59. The number of benzene rings is 2. The zero-order valence-corrected chi connectivity index (χ0v) is 18.0. The maximum absolute atomic E-state index is 13.0. The third-order valence-electron chi connectivity index (χ3n) is 5.15. The molecule has 4 nitrogen and oxygen atoms in total. The number of aryl methyl sites for hydroxylation is 1. The first kappa shape index (κ1) is 21.0. The Bertz CT molecular complexity index is 980. The molecule has 152 valence electrons. The first-order valence-corrected chi connectivity index (χ1v) is 10.4. The fourth-order valence-electron chi connectivity index (χ4n) is 3.38. The Morgan fingerprint density at radius 2 is 1.90 bits per heavy atom. The van der Waals surface area contributed by atoms with Gasteiger partial charge in [0.25, 0.3) is 0 Å². The Kier molecular flexibility index (Phi) is 6.99. The van der Waals surface area contributed by atoms with E-state index in [0.717, 1.165) is 40.5 Å². The number of nitrogens with one attached hydrogen (secondary N) is 1. The predicted octanol–water partition coefficient (Wildman–Crippen LogP) is 6.25. The molecule has 3 rings (SSSR count). The normalized spacial score (nSPS) is 10.8. The van der Waals surface area contributed by atoms with E-state index in [1.54, 1.807) is 0 Å². The minimum atomic E-state index is -0.0731. The number of hydrogen-bond donors (Lipinski definition) is 1. The van der Waals surface area contributed by atoms with E-state index in [0.29, 0.717) is 13.1 Å². The first-order valence-electron chi connectivity index (χ1n) is 9.98. The molecule has 0 fully saturated rings. The smallest absolute Gasteiger partial charge is 0.322 e. The number of halogens is 1. The van der Waals surface area contributed by atoms with Gasteiger partial charge in [0.05, 0.1) is 6.54 Å². The summed E-state index contributed by atoms with van der Waals surface area (Å²) in [6.45, 7) is 8.14. The number of rotatable bonds is 7. The van der Waals surface area contributed by atoms with Crippen LogP contribution in [0.3, 0.4) is 0 Å². The second-order valence-electron chi connectivity index (χ2n) is 7.36. The number of aromatic nitrogens is 1. The lowest BCUT2D eigenvalue weighted by Crippen LogP contribution is -2.36. The lowest BCUT2D eigenvalue weighted by atomic mass is 10.1. The molecule has 0 saturated heterocycles. The minimum Gasteiger partial charge on any atom is -0.345 e. The van der Waals surface area contributed by atoms with E-state index in [1.807, 2.05) is 54.4 Å². The molecule has 0 bridgehead atoms. The van der Waals surface area contributed by atoms with E-state index in [2.05, 4.69) is 41.9 Å². The van der Waals surface area contributed by atoms with Crippen molar-refractivity contribution in [2.24, 2.45) is 0 Å². The second-order valence-corrected chi connectivity index (χ2v) is 7.79. The van der Waals surface area contributed by atoms with Crippen molar-refractivity contribution in [2.75, 3.05) is 11.9 Å². The average Bonchev–Trinajstić information content (AvgIpc) is 3.12. The highest BCUT2D eigenvalue weighted by molar-refractivity contribution is 6.30. The van der Waals surface area contributed by atoms with Crippen LogP contribution in [-0.2, 0) is 13.1 Å². The molecule has 0 spiro atoms. The van der Waals surface area contributed by atoms with Crippen LogP contribution in [0.1, 0.15) is 35.7 Å². The zero-order valence-electron chi connectivity index (χ0n) is 17.3. The van der Waals surface area contributed by atoms with Gasteiger partial charge in [-0.1, -0.05) is 42.8 Å². The van der Waals surface area contributed by atoms with Crippen LogP contribution < -0.4 is 5.32 Å². The van der Waals surface area contributed by atoms with Crippen LogP contribution in [0.5, 0.6) is 0 Å². The molecule has 1 aromatic heterocycles. The lowest BCUT2D eigenvalue weighted by Gasteiger charge is -2.24. The summed E-state index contributed by atoms with van der Waals surface area (Å²) in [5.74, 6) is 0. The van der Waals surface area contributed by atoms with Crippen LogP contribution in [0.25, 0.3) is 0 Å². The maximum Gasteiger partial charge on any atom is 0.322 e. The van der Waals surface area contributed by atoms with Gasteiger partial charge in [-0.2, -0.15) is 0 Å². The Morgan fingerprint density at radius 3 is 2.66 bits per heavy atom. The van der Waals surface area contributed by atoms with Gasteiger partial charge in [0.2, 0.25) is 0 Å². The highest BCUT2D eigenvalue weighted by Gasteiger charge is 2.16. The van der Waals surface area contributed by atoms with Crippen LogP contribution in [0.4, 0.5) is 10.5 Å². The molecule has 0 aliphatic rings. The predicted molar refractivity (Wildman–Crippen MR) is 121 cm³/mol. The highest BCUT2D eigenvalue weighted by atomic mass is 35.5. The summed E-state index contributed by atoms with van der Waals surface area (Å²) in [5.41, 5.74) is 5.36. The SMILES string of the molecule is CCCN(Cc1cccn1Cc1cccc(Cl)c1)C(=O)Nc1cccc(C)c1C. The Labute approximate surface area is 178 Å². The molecule has 3 aromatic rings. The van der Waals surface area contributed by atoms with E-state index in [-0.39, 0.29) is 6.03 Å². The third-order valence-corrected chi connectivity index (χ3v) is 5.38. The summed E-state index contributed by atoms with van der Waals surface area (Å²) in [4.78, 5) is 14.9. The van der Waals surface area contributed by atoms with Crippen molar-refractivity contribution in [3.63, 3.8) is 0 Å². The van der Waals surface area contributed by atoms with E-state index < -0.39 is 0 Å². The van der Waals surface area contributed by atoms with Gasteiger partial charge in [0.15, 0.2) is 0 Å². The fraction of sp³-hybridized carbons (Fsp3) is 0.292. The van der Waals surface area contributed by atoms with Crippen molar-refractivity contribution < 1.29 is 4.79 Å². The number of nitrogens with zero attached hydrogens (tertiary/aromatic N) is 2. The third kappa shape index (κ3) is 5.42. The Morgan fingerprint density at radius 1 is 1.10 bits per heavy atom. The van der Waals surface area contributed by atoms with Crippen molar-refractivity contribution in [1.29, 1.82) is 0 Å². The monoisotopic (exact) mass is 409 g/mol. The van der Waals surface area contributed by atoms with Crippen molar-refractivity contribution >= 4 is 23.3 Å². The molecule has 1 N–H and O–H groups in total. The summed E-state index contributed by atoms with van der Waals surface area (Å²) in [5, 5.41) is 3.82. The molecule has 0 radical (unpaired) electrons. The number of amides is 2. The van der Waals surface area contributed by atoms with E-state index in [9.17, 15) is 4.79 Å². The van der Waals surface area contributed by atoms with E-state index in [1.165, 1.54) is 5.56 Å². The Hall–Kier alpha value is -2.72. The van der Waals surface area contributed by atoms with Gasteiger partial charge in [-0.25, -0.2) is 4.79 Å². The van der Waals surface area contributed by atoms with Gasteiger partial charge < -0.3 is 14.8 Å². The molecule has 2 aromatic carbocycles. The van der Waals surface area contributed by atoms with E-state index >= 15 is 0 Å². The lowest BCUT2D eigenvalue weighted by molar-refractivity contribution is 0.208. The van der Waals surface area contributed by atoms with Crippen molar-refractivity contribution in [3.8, 4) is 0 Å². The van der Waals surface area contributed by atoms with E-state index in [4.69, 9.17) is 11.6 Å². The quantitative estimate of drug-likeness (QED) is 0.492. The maximum atomic E-state index is 13.0. The van der Waals surface area contributed by atoms with Gasteiger partial charge in [0, 0.05) is 35.7 Å². The molecule has 0 aliphatic heterocycles. The molecule has 29 heavy (non-hydrogen) atoms. The topological polar surface area (TPSA) is 37.3 Å². The standard InChI is InChI=1S/C24H28ClN3O/c1-4-13-28(24(29)26-23-12-5-8-18(2)19(23)3)17-22-11-7-14-27(22)16-20-9-6-10-21(25)15-20/h5-12,14-15H,4,13,16-17H2,1-3H3,(H,26,29). The van der Waals surface area contributed by atoms with Gasteiger partial charge in [-0.15, -0.1) is 0 Å². The van der Waals surface area contributed by atoms with Crippen LogP contribution in [0.2, 0.25) is 5.02 Å². The molecule has 5 heteroatoms. The van der Waals surface area contributed by atoms with Crippen molar-refractivity contribution in [1.82, 2.24) is 9.47 Å². The highest BCUT2D eigenvalue weighted by Crippen LogP contribution is 2.19. The number of hydrogen-bond acceptors (Lipinski definition) is 1. The number of anilines is 1. The second kappa shape index (κ2) is 9.66. The van der Waals surface area contributed by atoms with Crippen LogP contribution in [0, 0.1) is 13.8 Å². The molecular formula is C24H28ClN3O. The van der Waals surface area contributed by atoms with Crippen molar-refractivity contribution in [3.05, 3.63) is 88.2 Å². The van der Waals surface area contributed by atoms with Gasteiger partial charge in [0.1, 0.15) is 0 Å². The van der Waals surface area contributed by atoms with Gasteiger partial charge in [-0.3, -0.25) is 0 Å². The first-order chi connectivity index (χ1) is 14.0. The number of carbonyl (C=O) groups is 1. The molecule has 0 unspecified atom stereocenters. The minimum absolute atomic E-state index is 0.0731. The number of urea groups is 1. The molecule has 0 saturated carbocycles. The summed E-state index contributed by atoms with van der Waals surface area (Å²) in [7, 11) is 0. The number of carbonyl (C=O) groups excluding carboxylic acids is 1. The largest absolute Gasteiger partial charge is 0.345 e. The summed E-state index contributed by atoms with van der Waals surface area (Å²) < 4.78 is 2.17. The summed E-state index contributed by atoms with van der Waals surface area (Å²) in [6.07, 6.45) is 2.94. The summed E-state index contributed by atoms with van der Waals surface area (Å²) >= 11 is 6.12. The molecular weight excluding hydrogens is 382 g/mol. The average molecular weight is 410 g/mol. The molecule has 1 heterocycles. The van der Waals surface area contributed by atoms with Gasteiger partial charge >= 0.3 is 6.03 Å². The van der Waals surface area contributed by atoms with Crippen LogP contribution >= 0.6 is 11.6 Å². The van der Waals surface area contributed by atoms with Crippen LogP contribution in [-0.4, -0.2) is 22.0 Å². The van der Waals surface area contributed by atoms with Crippen molar-refractivity contribution in [2.45, 2.75) is 40.3 Å². The molecule has 2 amide bonds. The van der Waals surface area contributed by atoms with Crippen LogP contribution in [0.15, 0.2) is 60.8 Å². The summed E-state index contributed by atoms with van der Waals surface area (Å²) in [6, 6.07) is 17.9.